The molecule has 6 heteroatoms. The molecule has 0 fully saturated rings. The summed E-state index contributed by atoms with van der Waals surface area (Å²) in [6.07, 6.45) is 0. The number of ketones is 1. The highest BCUT2D eigenvalue weighted by atomic mass is 35.5. The Morgan fingerprint density at radius 2 is 2.27 bits per heavy atom. The summed E-state index contributed by atoms with van der Waals surface area (Å²) in [5.41, 5.74) is 1.28. The minimum Gasteiger partial charge on any atom is -0.291 e. The fourth-order valence-electron chi connectivity index (χ4n) is 1.04. The van der Waals surface area contributed by atoms with Crippen molar-refractivity contribution in [1.29, 1.82) is 0 Å². The molecule has 0 aliphatic rings. The van der Waals surface area contributed by atoms with Crippen LogP contribution in [0.4, 0.5) is 0 Å². The molecule has 0 unspecified atom stereocenters. The van der Waals surface area contributed by atoms with Crippen LogP contribution in [0, 0.1) is 0 Å². The van der Waals surface area contributed by atoms with Crippen LogP contribution < -0.4 is 0 Å². The van der Waals surface area contributed by atoms with Crippen molar-refractivity contribution in [2.75, 3.05) is 5.88 Å². The molecule has 0 aromatic carbocycles. The first-order valence-corrected chi connectivity index (χ1v) is 6.67. The van der Waals surface area contributed by atoms with E-state index < -0.39 is 0 Å². The molecule has 78 valence electrons. The molecule has 0 aliphatic carbocycles. The number of rotatable bonds is 3. The number of halogens is 2. The smallest absolute Gasteiger partial charge is 0.196 e. The highest BCUT2D eigenvalue weighted by Gasteiger charge is 2.13. The van der Waals surface area contributed by atoms with Gasteiger partial charge < -0.3 is 0 Å². The zero-order valence-electron chi connectivity index (χ0n) is 7.37. The second-order valence-corrected chi connectivity index (χ2v) is 5.35. The van der Waals surface area contributed by atoms with Crippen molar-refractivity contribution in [3.8, 4) is 10.6 Å². The van der Waals surface area contributed by atoms with Gasteiger partial charge in [0.05, 0.1) is 5.88 Å². The Morgan fingerprint density at radius 1 is 1.47 bits per heavy atom. The van der Waals surface area contributed by atoms with Crippen molar-refractivity contribution < 1.29 is 4.79 Å². The van der Waals surface area contributed by atoms with Crippen molar-refractivity contribution in [2.24, 2.45) is 0 Å². The molecular formula is C9H5Cl2NOS2. The lowest BCUT2D eigenvalue weighted by atomic mass is 10.3. The third kappa shape index (κ3) is 2.23. The first-order valence-electron chi connectivity index (χ1n) is 4.00. The highest BCUT2D eigenvalue weighted by molar-refractivity contribution is 7.17. The fourth-order valence-corrected chi connectivity index (χ4v) is 3.08. The monoisotopic (exact) mass is 277 g/mol. The van der Waals surface area contributed by atoms with E-state index >= 15 is 0 Å². The standard InChI is InChI=1S/C9H5Cl2NOS2/c10-3-7(13)6-4-15-9(12-6)5-1-2-14-8(5)11/h1-2,4H,3H2. The van der Waals surface area contributed by atoms with Crippen LogP contribution in [0.1, 0.15) is 10.5 Å². The summed E-state index contributed by atoms with van der Waals surface area (Å²) in [7, 11) is 0. The molecule has 0 spiro atoms. The Balaban J connectivity index is 2.36. The second kappa shape index (κ2) is 4.61. The number of hydrogen-bond acceptors (Lipinski definition) is 4. The van der Waals surface area contributed by atoms with Crippen LogP contribution in [-0.4, -0.2) is 16.6 Å². The Hall–Kier alpha value is -0.420. The van der Waals surface area contributed by atoms with Gasteiger partial charge in [0.25, 0.3) is 0 Å². The van der Waals surface area contributed by atoms with Gasteiger partial charge in [-0.3, -0.25) is 4.79 Å². The first kappa shape index (κ1) is 11.1. The molecule has 0 N–H and O–H groups in total. The average molecular weight is 278 g/mol. The van der Waals surface area contributed by atoms with Gasteiger partial charge in [0, 0.05) is 10.9 Å². The molecule has 0 amide bonds. The molecule has 2 aromatic rings. The second-order valence-electron chi connectivity index (χ2n) is 2.70. The number of carbonyl (C=O) groups excluding carboxylic acids is 1. The van der Waals surface area contributed by atoms with Crippen LogP contribution >= 0.6 is 45.9 Å². The number of carbonyl (C=O) groups is 1. The van der Waals surface area contributed by atoms with E-state index in [4.69, 9.17) is 23.2 Å². The van der Waals surface area contributed by atoms with Crippen molar-refractivity contribution in [1.82, 2.24) is 4.98 Å². The predicted molar refractivity (Wildman–Crippen MR) is 65.5 cm³/mol. The van der Waals surface area contributed by atoms with Crippen LogP contribution in [0.2, 0.25) is 4.34 Å². The SMILES string of the molecule is O=C(CCl)c1csc(-c2ccsc2Cl)n1. The summed E-state index contributed by atoms with van der Waals surface area (Å²) in [5, 5.41) is 4.35. The third-order valence-corrected chi connectivity index (χ3v) is 4.05. The summed E-state index contributed by atoms with van der Waals surface area (Å²) in [6.45, 7) is 0. The van der Waals surface area contributed by atoms with Gasteiger partial charge in [-0.15, -0.1) is 34.3 Å². The van der Waals surface area contributed by atoms with Gasteiger partial charge in [0.15, 0.2) is 5.78 Å². The van der Waals surface area contributed by atoms with Crippen LogP contribution in [0.25, 0.3) is 10.6 Å². The lowest BCUT2D eigenvalue weighted by molar-refractivity contribution is 0.101. The minimum atomic E-state index is -0.162. The van der Waals surface area contributed by atoms with E-state index in [1.165, 1.54) is 22.7 Å². The third-order valence-electron chi connectivity index (χ3n) is 1.76. The summed E-state index contributed by atoms with van der Waals surface area (Å²) in [6, 6.07) is 1.89. The quantitative estimate of drug-likeness (QED) is 0.628. The summed E-state index contributed by atoms with van der Waals surface area (Å²) in [4.78, 5) is 15.5. The molecular weight excluding hydrogens is 273 g/mol. The summed E-state index contributed by atoms with van der Waals surface area (Å²) in [5.74, 6) is -0.203. The van der Waals surface area contributed by atoms with E-state index in [9.17, 15) is 4.79 Å². The summed E-state index contributed by atoms with van der Waals surface area (Å²) < 4.78 is 0.689. The maximum absolute atomic E-state index is 11.3. The van der Waals surface area contributed by atoms with E-state index in [1.807, 2.05) is 11.4 Å². The predicted octanol–water partition coefficient (Wildman–Crippen LogP) is 3.95. The van der Waals surface area contributed by atoms with Gasteiger partial charge in [-0.05, 0) is 11.4 Å². The van der Waals surface area contributed by atoms with Crippen molar-refractivity contribution in [3.63, 3.8) is 0 Å². The normalized spacial score (nSPS) is 10.5. The molecule has 0 bridgehead atoms. The lowest BCUT2D eigenvalue weighted by Gasteiger charge is -1.91. The molecule has 0 aliphatic heterocycles. The van der Waals surface area contributed by atoms with E-state index in [1.54, 1.807) is 5.38 Å². The maximum Gasteiger partial charge on any atom is 0.196 e. The van der Waals surface area contributed by atoms with Gasteiger partial charge in [-0.1, -0.05) is 11.6 Å². The molecule has 0 radical (unpaired) electrons. The number of Topliss-reactive ketones (excluding diaryl/α,β-unsaturated/α-hetero) is 1. The van der Waals surface area contributed by atoms with Crippen molar-refractivity contribution in [3.05, 3.63) is 26.9 Å². The van der Waals surface area contributed by atoms with Crippen molar-refractivity contribution in [2.45, 2.75) is 0 Å². The molecule has 2 aromatic heterocycles. The Labute approximate surface area is 104 Å². The molecule has 2 rings (SSSR count). The number of alkyl halides is 1. The molecule has 0 atom stereocenters. The van der Waals surface area contributed by atoms with E-state index in [0.29, 0.717) is 10.0 Å². The van der Waals surface area contributed by atoms with Gasteiger partial charge in [0.2, 0.25) is 0 Å². The van der Waals surface area contributed by atoms with Crippen LogP contribution in [-0.2, 0) is 0 Å². The molecule has 0 saturated heterocycles. The number of thiazole rings is 1. The van der Waals surface area contributed by atoms with Crippen LogP contribution in [0.3, 0.4) is 0 Å². The van der Waals surface area contributed by atoms with Crippen LogP contribution in [0.15, 0.2) is 16.8 Å². The van der Waals surface area contributed by atoms with Gasteiger partial charge in [-0.2, -0.15) is 0 Å². The number of aromatic nitrogens is 1. The minimum absolute atomic E-state index is 0.0411. The first-order chi connectivity index (χ1) is 7.22. The largest absolute Gasteiger partial charge is 0.291 e. The lowest BCUT2D eigenvalue weighted by Crippen LogP contribution is -1.99. The Bertz CT molecular complexity index is 492. The number of nitrogens with zero attached hydrogens (tertiary/aromatic N) is 1. The fraction of sp³-hybridized carbons (Fsp3) is 0.111. The van der Waals surface area contributed by atoms with Gasteiger partial charge in [0.1, 0.15) is 15.0 Å². The zero-order chi connectivity index (χ0) is 10.8. The molecule has 2 nitrogen and oxygen atoms in total. The van der Waals surface area contributed by atoms with Gasteiger partial charge >= 0.3 is 0 Å². The van der Waals surface area contributed by atoms with E-state index in [0.717, 1.165) is 10.6 Å². The molecule has 15 heavy (non-hydrogen) atoms. The van der Waals surface area contributed by atoms with E-state index in [2.05, 4.69) is 4.98 Å². The highest BCUT2D eigenvalue weighted by Crippen LogP contribution is 2.34. The topological polar surface area (TPSA) is 30.0 Å². The van der Waals surface area contributed by atoms with Gasteiger partial charge in [-0.25, -0.2) is 4.98 Å². The van der Waals surface area contributed by atoms with Crippen LogP contribution in [0.5, 0.6) is 0 Å². The zero-order valence-corrected chi connectivity index (χ0v) is 10.5. The Morgan fingerprint density at radius 3 is 2.87 bits per heavy atom. The molecule has 0 saturated carbocycles. The maximum atomic E-state index is 11.3. The Kier molecular flexibility index (Phi) is 3.41. The van der Waals surface area contributed by atoms with E-state index in [-0.39, 0.29) is 11.7 Å². The van der Waals surface area contributed by atoms with Crippen molar-refractivity contribution >= 4 is 51.7 Å². The number of hydrogen-bond donors (Lipinski definition) is 0. The summed E-state index contributed by atoms with van der Waals surface area (Å²) >= 11 is 14.3. The average Bonchev–Trinajstić information content (AvgIpc) is 2.84. The number of thiophene rings is 1. The molecule has 2 heterocycles.